The van der Waals surface area contributed by atoms with Gasteiger partial charge in [0.05, 0.1) is 0 Å². The summed E-state index contributed by atoms with van der Waals surface area (Å²) in [6, 6.07) is 12.9. The zero-order valence-electron chi connectivity index (χ0n) is 18.3. The SMILES string of the molecule is O=C(CCCCCNC(=O)c1ccc(C=C(C(=O)NC2CC2)c2cccc(F)c2)cc1)NO. The van der Waals surface area contributed by atoms with E-state index in [0.717, 1.165) is 31.2 Å². The van der Waals surface area contributed by atoms with Crippen LogP contribution in [0.2, 0.25) is 0 Å². The third-order valence-corrected chi connectivity index (χ3v) is 5.27. The van der Waals surface area contributed by atoms with Gasteiger partial charge in [-0.2, -0.15) is 0 Å². The normalized spacial score (nSPS) is 13.3. The van der Waals surface area contributed by atoms with E-state index in [0.29, 0.717) is 29.7 Å². The van der Waals surface area contributed by atoms with Crippen molar-refractivity contribution in [1.82, 2.24) is 16.1 Å². The van der Waals surface area contributed by atoms with Crippen molar-refractivity contribution in [2.75, 3.05) is 6.54 Å². The van der Waals surface area contributed by atoms with Crippen LogP contribution >= 0.6 is 0 Å². The molecule has 0 unspecified atom stereocenters. The van der Waals surface area contributed by atoms with Gasteiger partial charge in [0, 0.05) is 30.1 Å². The molecule has 1 saturated carbocycles. The summed E-state index contributed by atoms with van der Waals surface area (Å²) in [6.07, 6.45) is 5.94. The van der Waals surface area contributed by atoms with E-state index in [1.807, 2.05) is 0 Å². The molecule has 1 aliphatic carbocycles. The van der Waals surface area contributed by atoms with Crippen LogP contribution in [-0.4, -0.2) is 35.5 Å². The molecule has 0 aromatic heterocycles. The van der Waals surface area contributed by atoms with E-state index >= 15 is 0 Å². The van der Waals surface area contributed by atoms with E-state index in [2.05, 4.69) is 10.6 Å². The van der Waals surface area contributed by atoms with Crippen LogP contribution < -0.4 is 16.1 Å². The molecule has 33 heavy (non-hydrogen) atoms. The number of carbonyl (C=O) groups excluding carboxylic acids is 3. The Hall–Kier alpha value is -3.52. The smallest absolute Gasteiger partial charge is 0.252 e. The van der Waals surface area contributed by atoms with Crippen molar-refractivity contribution in [2.45, 2.75) is 44.6 Å². The highest BCUT2D eigenvalue weighted by atomic mass is 19.1. The minimum absolute atomic E-state index is 0.173. The molecule has 0 atom stereocenters. The lowest BCUT2D eigenvalue weighted by Gasteiger charge is -2.10. The molecule has 0 aliphatic heterocycles. The number of hydrogen-bond donors (Lipinski definition) is 4. The predicted molar refractivity (Wildman–Crippen MR) is 123 cm³/mol. The number of hydrogen-bond acceptors (Lipinski definition) is 4. The van der Waals surface area contributed by atoms with Crippen LogP contribution in [0.15, 0.2) is 48.5 Å². The Balaban J connectivity index is 1.60. The van der Waals surface area contributed by atoms with Gasteiger partial charge < -0.3 is 10.6 Å². The van der Waals surface area contributed by atoms with Gasteiger partial charge in [0.25, 0.3) is 11.8 Å². The van der Waals surface area contributed by atoms with E-state index in [1.165, 1.54) is 12.1 Å². The number of rotatable bonds is 11. The molecule has 4 N–H and O–H groups in total. The van der Waals surface area contributed by atoms with Gasteiger partial charge in [0.1, 0.15) is 5.82 Å². The summed E-state index contributed by atoms with van der Waals surface area (Å²) in [5, 5.41) is 14.2. The number of amides is 3. The summed E-state index contributed by atoms with van der Waals surface area (Å²) in [5.74, 6) is -1.29. The Kier molecular flexibility index (Phi) is 8.71. The first kappa shape index (κ1) is 24.1. The molecule has 174 valence electrons. The summed E-state index contributed by atoms with van der Waals surface area (Å²) in [4.78, 5) is 36.0. The molecule has 8 heteroatoms. The van der Waals surface area contributed by atoms with Crippen LogP contribution in [0.5, 0.6) is 0 Å². The molecule has 2 aromatic rings. The summed E-state index contributed by atoms with van der Waals surface area (Å²) in [5.41, 5.74) is 3.66. The first-order valence-electron chi connectivity index (χ1n) is 11.1. The molecule has 0 bridgehead atoms. The first-order chi connectivity index (χ1) is 16.0. The molecule has 0 radical (unpaired) electrons. The molecule has 3 amide bonds. The van der Waals surface area contributed by atoms with Crippen LogP contribution in [0.4, 0.5) is 4.39 Å². The molecule has 0 spiro atoms. The molecule has 1 fully saturated rings. The van der Waals surface area contributed by atoms with Crippen molar-refractivity contribution in [3.8, 4) is 0 Å². The Morgan fingerprint density at radius 3 is 2.42 bits per heavy atom. The maximum absolute atomic E-state index is 13.7. The maximum atomic E-state index is 13.7. The third kappa shape index (κ3) is 7.84. The molecule has 2 aromatic carbocycles. The zero-order chi connectivity index (χ0) is 23.6. The molecule has 0 heterocycles. The van der Waals surface area contributed by atoms with Crippen molar-refractivity contribution in [3.05, 3.63) is 71.0 Å². The van der Waals surface area contributed by atoms with Crippen molar-refractivity contribution >= 4 is 29.4 Å². The van der Waals surface area contributed by atoms with Gasteiger partial charge in [-0.3, -0.25) is 19.6 Å². The number of carbonyl (C=O) groups is 3. The fourth-order valence-electron chi connectivity index (χ4n) is 3.27. The topological polar surface area (TPSA) is 108 Å². The average molecular weight is 454 g/mol. The number of hydroxylamine groups is 1. The van der Waals surface area contributed by atoms with Crippen LogP contribution in [0, 0.1) is 5.82 Å². The Labute approximate surface area is 192 Å². The monoisotopic (exact) mass is 453 g/mol. The van der Waals surface area contributed by atoms with Gasteiger partial charge in [0.2, 0.25) is 5.91 Å². The van der Waals surface area contributed by atoms with E-state index < -0.39 is 11.7 Å². The first-order valence-corrected chi connectivity index (χ1v) is 11.1. The second-order valence-corrected chi connectivity index (χ2v) is 8.04. The van der Waals surface area contributed by atoms with Crippen LogP contribution in [-0.2, 0) is 9.59 Å². The highest BCUT2D eigenvalue weighted by molar-refractivity contribution is 6.24. The zero-order valence-corrected chi connectivity index (χ0v) is 18.3. The lowest BCUT2D eigenvalue weighted by atomic mass is 10.0. The summed E-state index contributed by atoms with van der Waals surface area (Å²) in [6.45, 7) is 0.478. The van der Waals surface area contributed by atoms with Crippen molar-refractivity contribution < 1.29 is 24.0 Å². The van der Waals surface area contributed by atoms with Crippen LogP contribution in [0.1, 0.15) is 60.0 Å². The van der Waals surface area contributed by atoms with Crippen molar-refractivity contribution in [2.24, 2.45) is 0 Å². The number of nitrogens with one attached hydrogen (secondary N) is 3. The highest BCUT2D eigenvalue weighted by Gasteiger charge is 2.25. The lowest BCUT2D eigenvalue weighted by Crippen LogP contribution is -2.26. The van der Waals surface area contributed by atoms with Gasteiger partial charge in [-0.1, -0.05) is 30.7 Å². The Morgan fingerprint density at radius 2 is 1.76 bits per heavy atom. The van der Waals surface area contributed by atoms with Crippen molar-refractivity contribution in [1.29, 1.82) is 0 Å². The second kappa shape index (κ2) is 11.9. The van der Waals surface area contributed by atoms with Gasteiger partial charge >= 0.3 is 0 Å². The van der Waals surface area contributed by atoms with E-state index in [1.54, 1.807) is 48.0 Å². The van der Waals surface area contributed by atoms with Gasteiger partial charge in [-0.05, 0) is 67.2 Å². The van der Waals surface area contributed by atoms with E-state index in [9.17, 15) is 18.8 Å². The summed E-state index contributed by atoms with van der Waals surface area (Å²) < 4.78 is 13.7. The second-order valence-electron chi connectivity index (χ2n) is 8.04. The average Bonchev–Trinajstić information content (AvgIpc) is 3.63. The standard InChI is InChI=1S/C25H28FN3O4/c26-20-6-4-5-19(16-20)22(25(32)28-21-12-13-21)15-17-8-10-18(11-9-17)24(31)27-14-3-1-2-7-23(30)29-33/h4-6,8-11,15-16,21,33H,1-3,7,12-14H2,(H,27,31)(H,28,32)(H,29,30). The van der Waals surface area contributed by atoms with E-state index in [-0.39, 0.29) is 24.3 Å². The predicted octanol–water partition coefficient (Wildman–Crippen LogP) is 3.44. The van der Waals surface area contributed by atoms with E-state index in [4.69, 9.17) is 5.21 Å². The Bertz CT molecular complexity index is 1020. The summed E-state index contributed by atoms with van der Waals surface area (Å²) >= 11 is 0. The molecule has 7 nitrogen and oxygen atoms in total. The maximum Gasteiger partial charge on any atom is 0.252 e. The number of unbranched alkanes of at least 4 members (excludes halogenated alkanes) is 2. The fraction of sp³-hybridized carbons (Fsp3) is 0.320. The number of benzene rings is 2. The highest BCUT2D eigenvalue weighted by Crippen LogP contribution is 2.24. The van der Waals surface area contributed by atoms with Gasteiger partial charge in [-0.15, -0.1) is 0 Å². The van der Waals surface area contributed by atoms with Gasteiger partial charge in [0.15, 0.2) is 0 Å². The molecule has 1 aliphatic rings. The Morgan fingerprint density at radius 1 is 1.00 bits per heavy atom. The van der Waals surface area contributed by atoms with Crippen LogP contribution in [0.3, 0.4) is 0 Å². The largest absolute Gasteiger partial charge is 0.352 e. The molecular formula is C25H28FN3O4. The lowest BCUT2D eigenvalue weighted by molar-refractivity contribution is -0.129. The molecule has 0 saturated heterocycles. The molecular weight excluding hydrogens is 425 g/mol. The molecule has 3 rings (SSSR count). The minimum Gasteiger partial charge on any atom is -0.352 e. The van der Waals surface area contributed by atoms with Gasteiger partial charge in [-0.25, -0.2) is 9.87 Å². The quantitative estimate of drug-likeness (QED) is 0.137. The van der Waals surface area contributed by atoms with Crippen LogP contribution in [0.25, 0.3) is 11.6 Å². The summed E-state index contributed by atoms with van der Waals surface area (Å²) in [7, 11) is 0. The fourth-order valence-corrected chi connectivity index (χ4v) is 3.27. The number of halogens is 1. The minimum atomic E-state index is -0.418. The van der Waals surface area contributed by atoms with Crippen molar-refractivity contribution in [3.63, 3.8) is 0 Å². The third-order valence-electron chi connectivity index (χ3n) is 5.27.